The number of benzene rings is 1. The molecule has 1 aliphatic heterocycles. The van der Waals surface area contributed by atoms with E-state index < -0.39 is 6.61 Å². The van der Waals surface area contributed by atoms with E-state index in [1.807, 2.05) is 6.92 Å². The van der Waals surface area contributed by atoms with Gasteiger partial charge in [0.2, 0.25) is 5.91 Å². The molecule has 2 atom stereocenters. The molecule has 2 N–H and O–H groups in total. The summed E-state index contributed by atoms with van der Waals surface area (Å²) in [4.78, 5) is 17.9. The first-order valence-electron chi connectivity index (χ1n) is 8.49. The van der Waals surface area contributed by atoms with Crippen molar-refractivity contribution in [2.45, 2.75) is 39.3 Å². The van der Waals surface area contributed by atoms with Crippen molar-refractivity contribution in [1.82, 2.24) is 10.3 Å². The molecule has 1 aromatic carbocycles. The number of hydrogen-bond acceptors (Lipinski definition) is 5. The number of nitrogens with one attached hydrogen (secondary N) is 2. The summed E-state index contributed by atoms with van der Waals surface area (Å²) in [5.74, 6) is 0.0919. The first kappa shape index (κ1) is 18.7. The average molecular weight is 381 g/mol. The number of thiazole rings is 1. The van der Waals surface area contributed by atoms with Crippen LogP contribution in [0.4, 0.5) is 13.9 Å². The van der Waals surface area contributed by atoms with Crippen LogP contribution in [0.2, 0.25) is 0 Å². The third-order valence-electron chi connectivity index (χ3n) is 4.37. The summed E-state index contributed by atoms with van der Waals surface area (Å²) in [6.07, 6.45) is 1.63. The van der Waals surface area contributed by atoms with Gasteiger partial charge >= 0.3 is 6.61 Å². The Morgan fingerprint density at radius 2 is 2.12 bits per heavy atom. The number of carbonyl (C=O) groups excluding carboxylic acids is 1. The van der Waals surface area contributed by atoms with E-state index in [9.17, 15) is 13.6 Å². The Balaban J connectivity index is 1.69. The van der Waals surface area contributed by atoms with Gasteiger partial charge in [-0.15, -0.1) is 11.3 Å². The Kier molecular flexibility index (Phi) is 5.83. The van der Waals surface area contributed by atoms with E-state index in [-0.39, 0.29) is 17.6 Å². The van der Waals surface area contributed by atoms with Crippen LogP contribution in [0.1, 0.15) is 24.6 Å². The van der Waals surface area contributed by atoms with E-state index in [4.69, 9.17) is 0 Å². The van der Waals surface area contributed by atoms with Crippen LogP contribution in [-0.2, 0) is 4.79 Å². The van der Waals surface area contributed by atoms with Crippen LogP contribution < -0.4 is 15.4 Å². The van der Waals surface area contributed by atoms with Crippen LogP contribution in [0.25, 0.3) is 11.3 Å². The van der Waals surface area contributed by atoms with Crippen LogP contribution in [0.15, 0.2) is 24.3 Å². The van der Waals surface area contributed by atoms with Gasteiger partial charge in [0.1, 0.15) is 5.75 Å². The number of hydrogen-bond donors (Lipinski definition) is 2. The van der Waals surface area contributed by atoms with Gasteiger partial charge in [-0.3, -0.25) is 4.79 Å². The van der Waals surface area contributed by atoms with Crippen molar-refractivity contribution in [1.29, 1.82) is 0 Å². The minimum Gasteiger partial charge on any atom is -0.435 e. The van der Waals surface area contributed by atoms with Gasteiger partial charge in [-0.05, 0) is 57.5 Å². The predicted octanol–water partition coefficient (Wildman–Crippen LogP) is 4.05. The quantitative estimate of drug-likeness (QED) is 0.820. The van der Waals surface area contributed by atoms with Crippen molar-refractivity contribution in [3.05, 3.63) is 29.1 Å². The Morgan fingerprint density at radius 1 is 1.38 bits per heavy atom. The van der Waals surface area contributed by atoms with Crippen molar-refractivity contribution in [2.75, 3.05) is 11.9 Å². The number of aryl methyl sites for hydroxylation is 1. The van der Waals surface area contributed by atoms with Crippen LogP contribution in [0, 0.1) is 12.8 Å². The lowest BCUT2D eigenvalue weighted by atomic mass is 9.92. The number of anilines is 1. The standard InChI is InChI=1S/C18H21F2N3O2S/c1-10-9-13(7-8-21-10)16(24)23-18-22-15(11(2)26-18)12-3-5-14(6-4-12)25-17(19)20/h3-6,10,13,17,21H,7-9H2,1-2H3,(H,22,23,24)/t10-,13-/m0/s1. The number of aromatic nitrogens is 1. The largest absolute Gasteiger partial charge is 0.435 e. The fourth-order valence-electron chi connectivity index (χ4n) is 3.09. The van der Waals surface area contributed by atoms with Crippen molar-refractivity contribution in [3.8, 4) is 17.0 Å². The second kappa shape index (κ2) is 8.09. The highest BCUT2D eigenvalue weighted by Crippen LogP contribution is 2.32. The van der Waals surface area contributed by atoms with Crippen LogP contribution in [0.5, 0.6) is 5.75 Å². The molecule has 0 spiro atoms. The zero-order chi connectivity index (χ0) is 18.7. The molecule has 2 aromatic rings. The van der Waals surface area contributed by atoms with Crippen molar-refractivity contribution < 1.29 is 18.3 Å². The zero-order valence-electron chi connectivity index (χ0n) is 14.6. The Labute approximate surface area is 154 Å². The molecule has 0 aliphatic carbocycles. The van der Waals surface area contributed by atoms with Gasteiger partial charge in [0.15, 0.2) is 5.13 Å². The number of rotatable bonds is 5. The highest BCUT2D eigenvalue weighted by molar-refractivity contribution is 7.16. The molecule has 0 unspecified atom stereocenters. The molecule has 1 amide bonds. The summed E-state index contributed by atoms with van der Waals surface area (Å²) in [7, 11) is 0. The van der Waals surface area contributed by atoms with E-state index in [2.05, 4.69) is 27.3 Å². The van der Waals surface area contributed by atoms with Gasteiger partial charge in [0, 0.05) is 22.4 Å². The minimum absolute atomic E-state index is 0.000619. The fourth-order valence-corrected chi connectivity index (χ4v) is 3.93. The third kappa shape index (κ3) is 4.56. The van der Waals surface area contributed by atoms with Crippen LogP contribution in [0.3, 0.4) is 0 Å². The summed E-state index contributed by atoms with van der Waals surface area (Å²) in [6.45, 7) is 1.99. The SMILES string of the molecule is Cc1sc(NC(=O)[C@H]2CCN[C@@H](C)C2)nc1-c1ccc(OC(F)F)cc1. The smallest absolute Gasteiger partial charge is 0.387 e. The van der Waals surface area contributed by atoms with E-state index in [0.717, 1.165) is 35.5 Å². The summed E-state index contributed by atoms with van der Waals surface area (Å²) in [6, 6.07) is 6.66. The Bertz CT molecular complexity index is 764. The number of nitrogens with zero attached hydrogens (tertiary/aromatic N) is 1. The van der Waals surface area contributed by atoms with Gasteiger partial charge in [-0.2, -0.15) is 8.78 Å². The number of carbonyl (C=O) groups is 1. The van der Waals surface area contributed by atoms with Gasteiger partial charge < -0.3 is 15.4 Å². The summed E-state index contributed by atoms with van der Waals surface area (Å²) in [5.41, 5.74) is 1.52. The highest BCUT2D eigenvalue weighted by Gasteiger charge is 2.25. The lowest BCUT2D eigenvalue weighted by Gasteiger charge is -2.26. The number of amides is 1. The topological polar surface area (TPSA) is 63.2 Å². The lowest BCUT2D eigenvalue weighted by Crippen LogP contribution is -2.40. The lowest BCUT2D eigenvalue weighted by molar-refractivity contribution is -0.120. The summed E-state index contributed by atoms with van der Waals surface area (Å²) in [5, 5.41) is 6.81. The second-order valence-electron chi connectivity index (χ2n) is 6.39. The van der Waals surface area contributed by atoms with Crippen molar-refractivity contribution >= 4 is 22.4 Å². The Hall–Kier alpha value is -2.06. The molecule has 0 bridgehead atoms. The van der Waals surface area contributed by atoms with Crippen LogP contribution in [-0.4, -0.2) is 30.1 Å². The van der Waals surface area contributed by atoms with Crippen molar-refractivity contribution in [2.24, 2.45) is 5.92 Å². The molecule has 0 radical (unpaired) electrons. The molecule has 1 aliphatic rings. The van der Waals surface area contributed by atoms with Gasteiger partial charge in [-0.25, -0.2) is 4.98 Å². The number of halogens is 2. The summed E-state index contributed by atoms with van der Waals surface area (Å²) < 4.78 is 28.8. The first-order chi connectivity index (χ1) is 12.4. The maximum atomic E-state index is 12.5. The molecule has 3 rings (SSSR count). The molecule has 1 saturated heterocycles. The normalized spacial score (nSPS) is 20.2. The second-order valence-corrected chi connectivity index (χ2v) is 7.60. The summed E-state index contributed by atoms with van der Waals surface area (Å²) >= 11 is 1.41. The molecule has 8 heteroatoms. The Morgan fingerprint density at radius 3 is 2.77 bits per heavy atom. The minimum atomic E-state index is -2.85. The molecule has 1 aromatic heterocycles. The molecule has 1 fully saturated rings. The maximum Gasteiger partial charge on any atom is 0.387 e. The van der Waals surface area contributed by atoms with E-state index in [1.54, 1.807) is 12.1 Å². The number of ether oxygens (including phenoxy) is 1. The molecular formula is C18H21F2N3O2S. The monoisotopic (exact) mass is 381 g/mol. The van der Waals surface area contributed by atoms with Crippen molar-refractivity contribution in [3.63, 3.8) is 0 Å². The highest BCUT2D eigenvalue weighted by atomic mass is 32.1. The zero-order valence-corrected chi connectivity index (χ0v) is 15.4. The average Bonchev–Trinajstić information content (AvgIpc) is 2.95. The fraction of sp³-hybridized carbons (Fsp3) is 0.444. The predicted molar refractivity (Wildman–Crippen MR) is 97.7 cm³/mol. The first-order valence-corrected chi connectivity index (χ1v) is 9.31. The molecule has 2 heterocycles. The van der Waals surface area contributed by atoms with Gasteiger partial charge in [-0.1, -0.05) is 0 Å². The molecular weight excluding hydrogens is 360 g/mol. The molecule has 140 valence electrons. The number of alkyl halides is 2. The molecule has 26 heavy (non-hydrogen) atoms. The van der Waals surface area contributed by atoms with Crippen LogP contribution >= 0.6 is 11.3 Å². The van der Waals surface area contributed by atoms with E-state index >= 15 is 0 Å². The van der Waals surface area contributed by atoms with Gasteiger partial charge in [0.05, 0.1) is 5.69 Å². The maximum absolute atomic E-state index is 12.5. The molecule has 0 saturated carbocycles. The van der Waals surface area contributed by atoms with Gasteiger partial charge in [0.25, 0.3) is 0 Å². The third-order valence-corrected chi connectivity index (χ3v) is 5.26. The van der Waals surface area contributed by atoms with E-state index in [0.29, 0.717) is 11.2 Å². The van der Waals surface area contributed by atoms with E-state index in [1.165, 1.54) is 23.5 Å². The molecule has 5 nitrogen and oxygen atoms in total. The number of piperidine rings is 1.